The van der Waals surface area contributed by atoms with Gasteiger partial charge >= 0.3 is 6.09 Å². The maximum absolute atomic E-state index is 11.9. The average Bonchev–Trinajstić information content (AvgIpc) is 2.88. The maximum atomic E-state index is 11.9. The van der Waals surface area contributed by atoms with Crippen molar-refractivity contribution >= 4 is 6.09 Å². The van der Waals surface area contributed by atoms with Crippen LogP contribution in [-0.4, -0.2) is 54.5 Å². The first-order valence-corrected chi connectivity index (χ1v) is 8.39. The van der Waals surface area contributed by atoms with Gasteiger partial charge in [-0.05, 0) is 37.5 Å². The van der Waals surface area contributed by atoms with Gasteiger partial charge in [0.15, 0.2) is 0 Å². The van der Waals surface area contributed by atoms with E-state index in [0.29, 0.717) is 24.5 Å². The van der Waals surface area contributed by atoms with Gasteiger partial charge in [0, 0.05) is 25.7 Å². The molecule has 1 saturated heterocycles. The van der Waals surface area contributed by atoms with E-state index in [1.54, 1.807) is 0 Å². The van der Waals surface area contributed by atoms with Crippen LogP contribution in [0.4, 0.5) is 4.79 Å². The van der Waals surface area contributed by atoms with Gasteiger partial charge in [-0.2, -0.15) is 0 Å². The molecule has 2 N–H and O–H groups in total. The Balaban J connectivity index is 1.62. The van der Waals surface area contributed by atoms with Gasteiger partial charge in [0.2, 0.25) is 0 Å². The van der Waals surface area contributed by atoms with Crippen molar-refractivity contribution in [1.82, 2.24) is 10.2 Å². The normalized spacial score (nSPS) is 27.3. The van der Waals surface area contributed by atoms with E-state index in [0.717, 1.165) is 51.7 Å². The number of piperidine rings is 1. The molecular weight excluding hydrogens is 268 g/mol. The highest BCUT2D eigenvalue weighted by Gasteiger charge is 2.27. The zero-order chi connectivity index (χ0) is 15.2. The third-order valence-corrected chi connectivity index (χ3v) is 4.58. The van der Waals surface area contributed by atoms with Crippen molar-refractivity contribution in [2.45, 2.75) is 58.1 Å². The number of amides is 1. The summed E-state index contributed by atoms with van der Waals surface area (Å²) in [5.41, 5.74) is 0. The van der Waals surface area contributed by atoms with E-state index in [2.05, 4.69) is 5.32 Å². The Kier molecular flexibility index (Phi) is 6.30. The van der Waals surface area contributed by atoms with Crippen LogP contribution in [0.3, 0.4) is 0 Å². The third kappa shape index (κ3) is 5.15. The Morgan fingerprint density at radius 2 is 2.00 bits per heavy atom. The second-order valence-electron chi connectivity index (χ2n) is 6.90. The van der Waals surface area contributed by atoms with Crippen LogP contribution in [0.15, 0.2) is 0 Å². The van der Waals surface area contributed by atoms with Gasteiger partial charge in [0.05, 0.1) is 12.7 Å². The molecule has 5 nitrogen and oxygen atoms in total. The zero-order valence-electron chi connectivity index (χ0n) is 13.4. The van der Waals surface area contributed by atoms with Crippen molar-refractivity contribution in [3.8, 4) is 0 Å². The van der Waals surface area contributed by atoms with Crippen molar-refractivity contribution in [3.05, 3.63) is 0 Å². The summed E-state index contributed by atoms with van der Waals surface area (Å²) in [4.78, 5) is 13.7. The average molecular weight is 298 g/mol. The molecule has 1 aliphatic carbocycles. The van der Waals surface area contributed by atoms with Crippen LogP contribution in [0, 0.1) is 11.8 Å². The fourth-order valence-electron chi connectivity index (χ4n) is 3.17. The number of aliphatic hydroxyl groups is 1. The van der Waals surface area contributed by atoms with Crippen molar-refractivity contribution < 1.29 is 14.6 Å². The lowest BCUT2D eigenvalue weighted by molar-refractivity contribution is 0.0805. The smallest absolute Gasteiger partial charge is 0.409 e. The Morgan fingerprint density at radius 1 is 1.29 bits per heavy atom. The van der Waals surface area contributed by atoms with Crippen molar-refractivity contribution in [2.24, 2.45) is 11.8 Å². The molecule has 2 fully saturated rings. The van der Waals surface area contributed by atoms with Crippen molar-refractivity contribution in [1.29, 1.82) is 0 Å². The van der Waals surface area contributed by atoms with Crippen LogP contribution in [0.25, 0.3) is 0 Å². The molecular formula is C16H30N2O3. The maximum Gasteiger partial charge on any atom is 0.409 e. The molecule has 2 rings (SSSR count). The molecule has 0 radical (unpaired) electrons. The predicted octanol–water partition coefficient (Wildman–Crippen LogP) is 1.99. The number of aliphatic hydroxyl groups excluding tert-OH is 1. The van der Waals surface area contributed by atoms with Crippen LogP contribution in [0.2, 0.25) is 0 Å². The number of hydrogen-bond donors (Lipinski definition) is 2. The van der Waals surface area contributed by atoms with Gasteiger partial charge in [-0.1, -0.05) is 20.3 Å². The van der Waals surface area contributed by atoms with Gasteiger partial charge in [-0.15, -0.1) is 0 Å². The van der Waals surface area contributed by atoms with Gasteiger partial charge in [-0.25, -0.2) is 4.79 Å². The first-order valence-electron chi connectivity index (χ1n) is 8.39. The molecule has 1 amide bonds. The largest absolute Gasteiger partial charge is 0.449 e. The summed E-state index contributed by atoms with van der Waals surface area (Å²) in [6.07, 6.45) is 4.88. The van der Waals surface area contributed by atoms with Crippen LogP contribution in [-0.2, 0) is 4.74 Å². The fraction of sp³-hybridized carbons (Fsp3) is 0.938. The molecule has 0 spiro atoms. The minimum Gasteiger partial charge on any atom is -0.449 e. The lowest BCUT2D eigenvalue weighted by Gasteiger charge is -2.32. The summed E-state index contributed by atoms with van der Waals surface area (Å²) in [5.74, 6) is 0.796. The molecule has 1 saturated carbocycles. The highest BCUT2D eigenvalue weighted by molar-refractivity contribution is 5.67. The summed E-state index contributed by atoms with van der Waals surface area (Å²) in [6.45, 7) is 7.02. The number of carbonyl (C=O) groups excluding carboxylic acids is 1. The van der Waals surface area contributed by atoms with E-state index in [1.807, 2.05) is 18.7 Å². The Morgan fingerprint density at radius 3 is 2.57 bits per heavy atom. The minimum absolute atomic E-state index is 0.122. The molecule has 2 aliphatic rings. The third-order valence-electron chi connectivity index (χ3n) is 4.58. The highest BCUT2D eigenvalue weighted by atomic mass is 16.6. The fourth-order valence-corrected chi connectivity index (χ4v) is 3.17. The van der Waals surface area contributed by atoms with Gasteiger partial charge in [-0.3, -0.25) is 0 Å². The SMILES string of the molecule is CC(C)COC(=O)N1CCC(NC[C@H]2CCC[C@@H]2O)CC1. The molecule has 0 bridgehead atoms. The van der Waals surface area contributed by atoms with Crippen LogP contribution in [0.1, 0.15) is 46.0 Å². The lowest BCUT2D eigenvalue weighted by atomic mass is 10.0. The number of carbonyl (C=O) groups is 1. The van der Waals surface area contributed by atoms with Crippen LogP contribution in [0.5, 0.6) is 0 Å². The first kappa shape index (κ1) is 16.6. The Labute approximate surface area is 128 Å². The molecule has 1 aliphatic heterocycles. The standard InChI is InChI=1S/C16H30N2O3/c1-12(2)11-21-16(20)18-8-6-14(7-9-18)17-10-13-4-3-5-15(13)19/h12-15,17,19H,3-11H2,1-2H3/t13-,15+/m1/s1. The number of rotatable bonds is 5. The molecule has 0 unspecified atom stereocenters. The van der Waals surface area contributed by atoms with Gasteiger partial charge < -0.3 is 20.1 Å². The van der Waals surface area contributed by atoms with E-state index in [4.69, 9.17) is 4.74 Å². The second kappa shape index (κ2) is 7.99. The molecule has 0 aromatic rings. The van der Waals surface area contributed by atoms with E-state index in [1.165, 1.54) is 0 Å². The van der Waals surface area contributed by atoms with E-state index in [-0.39, 0.29) is 12.2 Å². The number of nitrogens with one attached hydrogen (secondary N) is 1. The Hall–Kier alpha value is -0.810. The molecule has 0 aromatic carbocycles. The number of hydrogen-bond acceptors (Lipinski definition) is 4. The second-order valence-corrected chi connectivity index (χ2v) is 6.90. The number of ether oxygens (including phenoxy) is 1. The van der Waals surface area contributed by atoms with Crippen molar-refractivity contribution in [3.63, 3.8) is 0 Å². The summed E-state index contributed by atoms with van der Waals surface area (Å²) < 4.78 is 5.27. The number of nitrogens with zero attached hydrogens (tertiary/aromatic N) is 1. The highest BCUT2D eigenvalue weighted by Crippen LogP contribution is 2.25. The molecule has 122 valence electrons. The summed E-state index contributed by atoms with van der Waals surface area (Å²) in [7, 11) is 0. The zero-order valence-corrected chi connectivity index (χ0v) is 13.4. The minimum atomic E-state index is -0.173. The molecule has 5 heteroatoms. The summed E-state index contributed by atoms with van der Waals surface area (Å²) in [5, 5.41) is 13.4. The monoisotopic (exact) mass is 298 g/mol. The lowest BCUT2D eigenvalue weighted by Crippen LogP contribution is -2.46. The van der Waals surface area contributed by atoms with E-state index in [9.17, 15) is 9.90 Å². The van der Waals surface area contributed by atoms with Crippen LogP contribution < -0.4 is 5.32 Å². The molecule has 21 heavy (non-hydrogen) atoms. The molecule has 2 atom stereocenters. The van der Waals surface area contributed by atoms with Gasteiger partial charge in [0.25, 0.3) is 0 Å². The predicted molar refractivity (Wildman–Crippen MR) is 82.1 cm³/mol. The van der Waals surface area contributed by atoms with Crippen LogP contribution >= 0.6 is 0 Å². The Bertz CT molecular complexity index is 327. The summed E-state index contributed by atoms with van der Waals surface area (Å²) in [6, 6.07) is 0.465. The molecule has 0 aromatic heterocycles. The topological polar surface area (TPSA) is 61.8 Å². The van der Waals surface area contributed by atoms with E-state index < -0.39 is 0 Å². The van der Waals surface area contributed by atoms with Gasteiger partial charge in [0.1, 0.15) is 0 Å². The molecule has 1 heterocycles. The quantitative estimate of drug-likeness (QED) is 0.815. The first-order chi connectivity index (χ1) is 10.1. The summed E-state index contributed by atoms with van der Waals surface area (Å²) >= 11 is 0. The van der Waals surface area contributed by atoms with Crippen molar-refractivity contribution in [2.75, 3.05) is 26.2 Å². The number of likely N-dealkylation sites (tertiary alicyclic amines) is 1. The van der Waals surface area contributed by atoms with E-state index >= 15 is 0 Å².